The second-order valence-electron chi connectivity index (χ2n) is 3.53. The Bertz CT molecular complexity index is 403. The van der Waals surface area contributed by atoms with Gasteiger partial charge in [0.05, 0.1) is 13.0 Å². The fourth-order valence-corrected chi connectivity index (χ4v) is 1.65. The molecule has 16 heavy (non-hydrogen) atoms. The summed E-state index contributed by atoms with van der Waals surface area (Å²) in [5.74, 6) is -1.17. The summed E-state index contributed by atoms with van der Waals surface area (Å²) < 4.78 is 5.05. The summed E-state index contributed by atoms with van der Waals surface area (Å²) >= 11 is 5.84. The number of halogens is 1. The molecule has 0 aliphatic carbocycles. The number of phenolic OH excluding ortho intramolecular Hbond substituents is 1. The fourth-order valence-electron chi connectivity index (χ4n) is 1.38. The number of phenols is 1. The maximum Gasteiger partial charge on any atom is 0.306 e. The van der Waals surface area contributed by atoms with Crippen LogP contribution in [0.3, 0.4) is 0 Å². The van der Waals surface area contributed by atoms with Gasteiger partial charge in [-0.1, -0.05) is 24.6 Å². The number of carbonyl (C=O) groups is 1. The van der Waals surface area contributed by atoms with Crippen LogP contribution in [-0.4, -0.2) is 23.3 Å². The summed E-state index contributed by atoms with van der Waals surface area (Å²) in [7, 11) is 1.43. The van der Waals surface area contributed by atoms with Gasteiger partial charge in [-0.3, -0.25) is 4.79 Å². The minimum atomic E-state index is -0.883. The Morgan fingerprint density at radius 1 is 1.56 bits per heavy atom. The zero-order valence-corrected chi connectivity index (χ0v) is 9.78. The van der Waals surface area contributed by atoms with E-state index < -0.39 is 11.9 Å². The zero-order valence-electron chi connectivity index (χ0n) is 9.03. The summed E-state index contributed by atoms with van der Waals surface area (Å²) in [5.41, 5.74) is 0.667. The van der Waals surface area contributed by atoms with Crippen molar-refractivity contribution in [3.8, 4) is 11.5 Å². The third-order valence-electron chi connectivity index (χ3n) is 2.31. The molecule has 0 saturated carbocycles. The number of carboxylic acid groups (broad SMARTS) is 1. The van der Waals surface area contributed by atoms with Gasteiger partial charge in [-0.15, -0.1) is 0 Å². The molecule has 5 heteroatoms. The van der Waals surface area contributed by atoms with Crippen molar-refractivity contribution >= 4 is 17.6 Å². The van der Waals surface area contributed by atoms with Crippen LogP contribution in [0.25, 0.3) is 0 Å². The van der Waals surface area contributed by atoms with Crippen LogP contribution < -0.4 is 4.74 Å². The minimum absolute atomic E-state index is 0.0785. The van der Waals surface area contributed by atoms with E-state index in [0.717, 1.165) is 0 Å². The van der Waals surface area contributed by atoms with E-state index in [1.165, 1.54) is 13.2 Å². The van der Waals surface area contributed by atoms with E-state index >= 15 is 0 Å². The molecule has 0 bridgehead atoms. The number of methoxy groups -OCH3 is 1. The van der Waals surface area contributed by atoms with E-state index in [9.17, 15) is 9.90 Å². The van der Waals surface area contributed by atoms with Gasteiger partial charge in [0.25, 0.3) is 0 Å². The van der Waals surface area contributed by atoms with Gasteiger partial charge >= 0.3 is 5.97 Å². The van der Waals surface area contributed by atoms with Crippen molar-refractivity contribution in [1.82, 2.24) is 0 Å². The Labute approximate surface area is 98.4 Å². The average Bonchev–Trinajstić information content (AvgIpc) is 2.23. The summed E-state index contributed by atoms with van der Waals surface area (Å²) in [4.78, 5) is 10.7. The van der Waals surface area contributed by atoms with Gasteiger partial charge < -0.3 is 14.9 Å². The molecule has 4 nitrogen and oxygen atoms in total. The van der Waals surface area contributed by atoms with Gasteiger partial charge in [0.2, 0.25) is 0 Å². The quantitative estimate of drug-likeness (QED) is 0.853. The van der Waals surface area contributed by atoms with Crippen LogP contribution >= 0.6 is 11.6 Å². The van der Waals surface area contributed by atoms with Gasteiger partial charge in [-0.25, -0.2) is 0 Å². The maximum atomic E-state index is 10.7. The van der Waals surface area contributed by atoms with E-state index in [4.69, 9.17) is 21.4 Å². The van der Waals surface area contributed by atoms with Crippen LogP contribution in [-0.2, 0) is 11.2 Å². The number of aliphatic carboxylic acids is 1. The molecule has 1 aromatic carbocycles. The predicted molar refractivity (Wildman–Crippen MR) is 60.2 cm³/mol. The third-order valence-corrected chi connectivity index (χ3v) is 2.68. The standard InChI is InChI=1S/C11H13ClO4/c1-6(11(14)15)5-7-3-4-8(13)9(12)10(7)16-2/h3-4,6,13H,5H2,1-2H3,(H,14,15). The lowest BCUT2D eigenvalue weighted by Crippen LogP contribution is -2.12. The molecule has 1 atom stereocenters. The summed E-state index contributed by atoms with van der Waals surface area (Å²) in [6, 6.07) is 3.04. The van der Waals surface area contributed by atoms with Crippen LogP contribution in [0, 0.1) is 5.92 Å². The van der Waals surface area contributed by atoms with Crippen molar-refractivity contribution < 1.29 is 19.7 Å². The first kappa shape index (κ1) is 12.6. The Hall–Kier alpha value is -1.42. The zero-order chi connectivity index (χ0) is 12.3. The van der Waals surface area contributed by atoms with Crippen molar-refractivity contribution in [2.24, 2.45) is 5.92 Å². The van der Waals surface area contributed by atoms with Crippen molar-refractivity contribution in [1.29, 1.82) is 0 Å². The first-order valence-electron chi connectivity index (χ1n) is 4.74. The van der Waals surface area contributed by atoms with Crippen LogP contribution in [0.15, 0.2) is 12.1 Å². The maximum absolute atomic E-state index is 10.7. The highest BCUT2D eigenvalue weighted by Gasteiger charge is 2.17. The predicted octanol–water partition coefficient (Wildman–Crippen LogP) is 2.32. The Morgan fingerprint density at radius 2 is 2.19 bits per heavy atom. The highest BCUT2D eigenvalue weighted by atomic mass is 35.5. The lowest BCUT2D eigenvalue weighted by Gasteiger charge is -2.13. The van der Waals surface area contributed by atoms with E-state index in [1.54, 1.807) is 13.0 Å². The van der Waals surface area contributed by atoms with Crippen molar-refractivity contribution in [3.05, 3.63) is 22.7 Å². The smallest absolute Gasteiger partial charge is 0.306 e. The molecule has 0 saturated heterocycles. The molecule has 0 aliphatic heterocycles. The molecule has 88 valence electrons. The van der Waals surface area contributed by atoms with Gasteiger partial charge in [-0.05, 0) is 18.1 Å². The topological polar surface area (TPSA) is 66.8 Å². The molecule has 0 spiro atoms. The SMILES string of the molecule is COc1c(CC(C)C(=O)O)ccc(O)c1Cl. The van der Waals surface area contributed by atoms with Crippen molar-refractivity contribution in [2.45, 2.75) is 13.3 Å². The monoisotopic (exact) mass is 244 g/mol. The molecular weight excluding hydrogens is 232 g/mol. The largest absolute Gasteiger partial charge is 0.506 e. The number of hydrogen-bond acceptors (Lipinski definition) is 3. The highest BCUT2D eigenvalue weighted by molar-refractivity contribution is 6.33. The molecule has 1 aromatic rings. The summed E-state index contributed by atoms with van der Waals surface area (Å²) in [5, 5.41) is 18.3. The fraction of sp³-hybridized carbons (Fsp3) is 0.364. The molecule has 1 unspecified atom stereocenters. The first-order valence-corrected chi connectivity index (χ1v) is 5.12. The molecule has 0 fully saturated rings. The van der Waals surface area contributed by atoms with Crippen LogP contribution in [0.1, 0.15) is 12.5 Å². The number of ether oxygens (including phenoxy) is 1. The van der Waals surface area contributed by atoms with Crippen LogP contribution in [0.5, 0.6) is 11.5 Å². The molecule has 0 heterocycles. The second-order valence-corrected chi connectivity index (χ2v) is 3.91. The number of carboxylic acids is 1. The Kier molecular flexibility index (Phi) is 4.01. The van der Waals surface area contributed by atoms with E-state index in [2.05, 4.69) is 0 Å². The molecule has 0 amide bonds. The summed E-state index contributed by atoms with van der Waals surface area (Å²) in [6.45, 7) is 1.60. The van der Waals surface area contributed by atoms with E-state index in [-0.39, 0.29) is 10.8 Å². The number of aromatic hydroxyl groups is 1. The number of hydrogen-bond donors (Lipinski definition) is 2. The normalized spacial score (nSPS) is 12.2. The van der Waals surface area contributed by atoms with E-state index in [1.807, 2.05) is 0 Å². The second kappa shape index (κ2) is 5.07. The van der Waals surface area contributed by atoms with Gasteiger partial charge in [0.1, 0.15) is 16.5 Å². The van der Waals surface area contributed by atoms with Gasteiger partial charge in [0, 0.05) is 0 Å². The number of benzene rings is 1. The highest BCUT2D eigenvalue weighted by Crippen LogP contribution is 2.37. The van der Waals surface area contributed by atoms with Crippen molar-refractivity contribution in [2.75, 3.05) is 7.11 Å². The third kappa shape index (κ3) is 2.58. The molecule has 2 N–H and O–H groups in total. The van der Waals surface area contributed by atoms with Gasteiger partial charge in [-0.2, -0.15) is 0 Å². The molecule has 1 rings (SSSR count). The van der Waals surface area contributed by atoms with Crippen molar-refractivity contribution in [3.63, 3.8) is 0 Å². The Morgan fingerprint density at radius 3 is 2.69 bits per heavy atom. The number of rotatable bonds is 4. The van der Waals surface area contributed by atoms with E-state index in [0.29, 0.717) is 17.7 Å². The van der Waals surface area contributed by atoms with Crippen LogP contribution in [0.2, 0.25) is 5.02 Å². The lowest BCUT2D eigenvalue weighted by atomic mass is 10.0. The molecule has 0 radical (unpaired) electrons. The lowest BCUT2D eigenvalue weighted by molar-refractivity contribution is -0.141. The van der Waals surface area contributed by atoms with Gasteiger partial charge in [0.15, 0.2) is 0 Å². The molecular formula is C11H13ClO4. The average molecular weight is 245 g/mol. The Balaban J connectivity index is 3.05. The molecule has 0 aliphatic rings. The molecule has 0 aromatic heterocycles. The van der Waals surface area contributed by atoms with Crippen LogP contribution in [0.4, 0.5) is 0 Å². The minimum Gasteiger partial charge on any atom is -0.506 e. The first-order chi connectivity index (χ1) is 7.47. The summed E-state index contributed by atoms with van der Waals surface area (Å²) in [6.07, 6.45) is 0.304.